The second-order valence-electron chi connectivity index (χ2n) is 4.98. The Bertz CT molecular complexity index is 656. The van der Waals surface area contributed by atoms with Gasteiger partial charge in [0.05, 0.1) is 11.9 Å². The van der Waals surface area contributed by atoms with Gasteiger partial charge in [0.25, 0.3) is 5.91 Å². The lowest BCUT2D eigenvalue weighted by Gasteiger charge is -2.26. The van der Waals surface area contributed by atoms with Gasteiger partial charge in [-0.2, -0.15) is 0 Å². The van der Waals surface area contributed by atoms with E-state index in [0.29, 0.717) is 5.69 Å². The average molecular weight is 299 g/mol. The summed E-state index contributed by atoms with van der Waals surface area (Å²) in [5.41, 5.74) is 1.68. The van der Waals surface area contributed by atoms with Crippen LogP contribution in [0.3, 0.4) is 0 Å². The van der Waals surface area contributed by atoms with Crippen LogP contribution in [0, 0.1) is 6.92 Å². The second-order valence-corrected chi connectivity index (χ2v) is 4.98. The van der Waals surface area contributed by atoms with Gasteiger partial charge in [-0.05, 0) is 19.4 Å². The molecule has 0 radical (unpaired) electrons. The molecule has 1 atom stereocenters. The quantitative estimate of drug-likeness (QED) is 0.911. The lowest BCUT2D eigenvalue weighted by atomic mass is 10.1. The van der Waals surface area contributed by atoms with Crippen molar-refractivity contribution in [1.29, 1.82) is 0 Å². The van der Waals surface area contributed by atoms with E-state index >= 15 is 0 Å². The summed E-state index contributed by atoms with van der Waals surface area (Å²) in [6, 6.07) is 8.27. The number of hydrogen-bond donors (Lipinski definition) is 1. The van der Waals surface area contributed by atoms with Crippen molar-refractivity contribution in [1.82, 2.24) is 14.9 Å². The molecular weight excluding hydrogens is 282 g/mol. The number of carboxylic acids is 1. The molecular formula is C16H17N3O3. The Morgan fingerprint density at radius 2 is 1.86 bits per heavy atom. The first kappa shape index (κ1) is 15.6. The Morgan fingerprint density at radius 3 is 2.41 bits per heavy atom. The summed E-state index contributed by atoms with van der Waals surface area (Å²) < 4.78 is 0. The Labute approximate surface area is 128 Å². The van der Waals surface area contributed by atoms with Crippen molar-refractivity contribution in [3.63, 3.8) is 0 Å². The Hall–Kier alpha value is -2.76. The summed E-state index contributed by atoms with van der Waals surface area (Å²) in [6.45, 7) is 3.44. The van der Waals surface area contributed by atoms with E-state index in [2.05, 4.69) is 9.97 Å². The number of carbonyl (C=O) groups excluding carboxylic acids is 1. The third kappa shape index (κ3) is 3.66. The zero-order chi connectivity index (χ0) is 16.1. The number of rotatable bonds is 5. The molecule has 2 aromatic rings. The highest BCUT2D eigenvalue weighted by Crippen LogP contribution is 2.12. The third-order valence-corrected chi connectivity index (χ3v) is 3.28. The van der Waals surface area contributed by atoms with Gasteiger partial charge >= 0.3 is 5.97 Å². The van der Waals surface area contributed by atoms with E-state index in [4.69, 9.17) is 0 Å². The number of nitrogens with zero attached hydrogens (tertiary/aromatic N) is 3. The van der Waals surface area contributed by atoms with Gasteiger partial charge in [0.15, 0.2) is 0 Å². The van der Waals surface area contributed by atoms with Crippen LogP contribution in [-0.4, -0.2) is 37.9 Å². The van der Waals surface area contributed by atoms with E-state index in [1.54, 1.807) is 6.92 Å². The molecule has 1 aromatic heterocycles. The van der Waals surface area contributed by atoms with Crippen molar-refractivity contribution in [3.05, 3.63) is 59.7 Å². The molecule has 1 aromatic carbocycles. The number of benzene rings is 1. The minimum absolute atomic E-state index is 0.134. The van der Waals surface area contributed by atoms with Gasteiger partial charge in [0, 0.05) is 12.7 Å². The van der Waals surface area contributed by atoms with Crippen molar-refractivity contribution in [2.75, 3.05) is 0 Å². The van der Waals surface area contributed by atoms with Crippen LogP contribution in [0.25, 0.3) is 0 Å². The summed E-state index contributed by atoms with van der Waals surface area (Å²) in [5, 5.41) is 9.24. The lowest BCUT2D eigenvalue weighted by molar-refractivity contribution is -0.141. The van der Waals surface area contributed by atoms with Gasteiger partial charge in [0.2, 0.25) is 0 Å². The number of amides is 1. The fourth-order valence-corrected chi connectivity index (χ4v) is 1.95. The largest absolute Gasteiger partial charge is 0.480 e. The molecule has 0 aliphatic heterocycles. The Balaban J connectivity index is 2.29. The molecule has 0 saturated carbocycles. The highest BCUT2D eigenvalue weighted by Gasteiger charge is 2.27. The van der Waals surface area contributed by atoms with Crippen molar-refractivity contribution in [2.45, 2.75) is 26.4 Å². The first-order valence-electron chi connectivity index (χ1n) is 6.85. The monoisotopic (exact) mass is 299 g/mol. The summed E-state index contributed by atoms with van der Waals surface area (Å²) in [4.78, 5) is 33.2. The molecule has 1 heterocycles. The van der Waals surface area contributed by atoms with Crippen LogP contribution in [0.15, 0.2) is 42.7 Å². The van der Waals surface area contributed by atoms with Crippen LogP contribution in [0.4, 0.5) is 0 Å². The average Bonchev–Trinajstić information content (AvgIpc) is 2.53. The minimum Gasteiger partial charge on any atom is -0.480 e. The summed E-state index contributed by atoms with van der Waals surface area (Å²) >= 11 is 0. The molecule has 1 amide bonds. The normalized spacial score (nSPS) is 11.7. The SMILES string of the molecule is Cc1cnc(C(=O)N(Cc2ccccc2)C(C)C(=O)O)cn1. The predicted octanol–water partition coefficient (Wildman–Crippen LogP) is 1.90. The molecule has 1 N–H and O–H groups in total. The molecule has 0 aliphatic rings. The van der Waals surface area contributed by atoms with E-state index in [9.17, 15) is 14.7 Å². The van der Waals surface area contributed by atoms with E-state index in [1.807, 2.05) is 30.3 Å². The van der Waals surface area contributed by atoms with Gasteiger partial charge < -0.3 is 10.0 Å². The van der Waals surface area contributed by atoms with Gasteiger partial charge in [-0.1, -0.05) is 30.3 Å². The van der Waals surface area contributed by atoms with Crippen molar-refractivity contribution < 1.29 is 14.7 Å². The molecule has 0 saturated heterocycles. The zero-order valence-corrected chi connectivity index (χ0v) is 12.4. The van der Waals surface area contributed by atoms with Crippen LogP contribution in [0.5, 0.6) is 0 Å². The predicted molar refractivity (Wildman–Crippen MR) is 80.2 cm³/mol. The maximum absolute atomic E-state index is 12.6. The first-order chi connectivity index (χ1) is 10.5. The van der Waals surface area contributed by atoms with Crippen LogP contribution in [0.2, 0.25) is 0 Å². The highest BCUT2D eigenvalue weighted by atomic mass is 16.4. The van der Waals surface area contributed by atoms with Gasteiger partial charge in [-0.3, -0.25) is 9.78 Å². The van der Waals surface area contributed by atoms with Crippen LogP contribution in [0.1, 0.15) is 28.7 Å². The topological polar surface area (TPSA) is 83.4 Å². The molecule has 0 bridgehead atoms. The minimum atomic E-state index is -1.07. The number of aromatic nitrogens is 2. The molecule has 0 spiro atoms. The summed E-state index contributed by atoms with van der Waals surface area (Å²) in [7, 11) is 0. The van der Waals surface area contributed by atoms with Gasteiger partial charge in [-0.25, -0.2) is 9.78 Å². The van der Waals surface area contributed by atoms with E-state index in [-0.39, 0.29) is 12.2 Å². The maximum atomic E-state index is 12.6. The molecule has 0 aliphatic carbocycles. The van der Waals surface area contributed by atoms with Crippen molar-refractivity contribution in [3.8, 4) is 0 Å². The first-order valence-corrected chi connectivity index (χ1v) is 6.85. The summed E-state index contributed by atoms with van der Waals surface area (Å²) in [5.74, 6) is -1.52. The number of aliphatic carboxylic acids is 1. The molecule has 6 nitrogen and oxygen atoms in total. The number of carbonyl (C=O) groups is 2. The van der Waals surface area contributed by atoms with E-state index in [0.717, 1.165) is 5.56 Å². The molecule has 1 unspecified atom stereocenters. The Kier molecular flexibility index (Phi) is 4.83. The fraction of sp³-hybridized carbons (Fsp3) is 0.250. The Morgan fingerprint density at radius 1 is 1.18 bits per heavy atom. The second kappa shape index (κ2) is 6.80. The molecule has 6 heteroatoms. The van der Waals surface area contributed by atoms with Crippen LogP contribution < -0.4 is 0 Å². The molecule has 22 heavy (non-hydrogen) atoms. The fourth-order valence-electron chi connectivity index (χ4n) is 1.95. The van der Waals surface area contributed by atoms with Crippen LogP contribution in [-0.2, 0) is 11.3 Å². The highest BCUT2D eigenvalue weighted by molar-refractivity contribution is 5.94. The lowest BCUT2D eigenvalue weighted by Crippen LogP contribution is -2.43. The van der Waals surface area contributed by atoms with Gasteiger partial charge in [0.1, 0.15) is 11.7 Å². The summed E-state index contributed by atoms with van der Waals surface area (Å²) in [6.07, 6.45) is 2.85. The van der Waals surface area contributed by atoms with Crippen molar-refractivity contribution >= 4 is 11.9 Å². The number of aryl methyl sites for hydroxylation is 1. The zero-order valence-electron chi connectivity index (χ0n) is 12.4. The third-order valence-electron chi connectivity index (χ3n) is 3.28. The van der Waals surface area contributed by atoms with E-state index in [1.165, 1.54) is 24.2 Å². The van der Waals surface area contributed by atoms with Crippen LogP contribution >= 0.6 is 0 Å². The number of hydrogen-bond acceptors (Lipinski definition) is 4. The molecule has 2 rings (SSSR count). The maximum Gasteiger partial charge on any atom is 0.326 e. The van der Waals surface area contributed by atoms with E-state index < -0.39 is 17.9 Å². The molecule has 0 fully saturated rings. The van der Waals surface area contributed by atoms with Gasteiger partial charge in [-0.15, -0.1) is 0 Å². The smallest absolute Gasteiger partial charge is 0.326 e. The molecule has 114 valence electrons. The van der Waals surface area contributed by atoms with Crippen molar-refractivity contribution in [2.24, 2.45) is 0 Å². The standard InChI is InChI=1S/C16H17N3O3/c1-11-8-18-14(9-17-11)15(20)19(12(2)16(21)22)10-13-6-4-3-5-7-13/h3-9,12H,10H2,1-2H3,(H,21,22). The number of carboxylic acid groups (broad SMARTS) is 1.